The van der Waals surface area contributed by atoms with E-state index in [0.29, 0.717) is 5.56 Å². The third-order valence-corrected chi connectivity index (χ3v) is 3.93. The highest BCUT2D eigenvalue weighted by molar-refractivity contribution is 5.63. The molecule has 2 unspecified atom stereocenters. The summed E-state index contributed by atoms with van der Waals surface area (Å²) in [4.78, 5) is 0. The van der Waals surface area contributed by atoms with Crippen molar-refractivity contribution >= 4 is 0 Å². The van der Waals surface area contributed by atoms with Gasteiger partial charge in [-0.2, -0.15) is 4.57 Å². The Morgan fingerprint density at radius 3 is 2.74 bits per heavy atom. The molecule has 0 N–H and O–H groups in total. The van der Waals surface area contributed by atoms with Crippen LogP contribution in [-0.4, -0.2) is 0 Å². The van der Waals surface area contributed by atoms with E-state index < -0.39 is 11.6 Å². The number of fused-ring (bicyclic) bond motifs is 3. The second kappa shape index (κ2) is 4.41. The van der Waals surface area contributed by atoms with Crippen LogP contribution in [0.2, 0.25) is 0 Å². The fourth-order valence-corrected chi connectivity index (χ4v) is 3.06. The van der Waals surface area contributed by atoms with Crippen molar-refractivity contribution in [2.75, 3.05) is 0 Å². The highest BCUT2D eigenvalue weighted by Gasteiger charge is 2.31. The Morgan fingerprint density at radius 1 is 1.16 bits per heavy atom. The van der Waals surface area contributed by atoms with Crippen molar-refractivity contribution in [2.45, 2.75) is 32.2 Å². The van der Waals surface area contributed by atoms with Crippen LogP contribution in [0.4, 0.5) is 8.78 Å². The number of aromatic nitrogens is 1. The predicted molar refractivity (Wildman–Crippen MR) is 69.7 cm³/mol. The topological polar surface area (TPSA) is 3.88 Å². The second-order valence-electron chi connectivity index (χ2n) is 5.33. The molecule has 0 spiro atoms. The van der Waals surface area contributed by atoms with E-state index in [4.69, 9.17) is 0 Å². The van der Waals surface area contributed by atoms with Crippen molar-refractivity contribution in [3.8, 4) is 11.3 Å². The zero-order valence-electron chi connectivity index (χ0n) is 11.0. The molecule has 98 valence electrons. The zero-order valence-corrected chi connectivity index (χ0v) is 11.0. The number of rotatable bonds is 0. The Balaban J connectivity index is 2.36. The van der Waals surface area contributed by atoms with Crippen LogP contribution in [0, 0.1) is 11.6 Å². The third kappa shape index (κ3) is 1.93. The maximum Gasteiger partial charge on any atom is 0.215 e. The van der Waals surface area contributed by atoms with Gasteiger partial charge in [0.15, 0.2) is 12.2 Å². The molecule has 2 heterocycles. The first-order valence-electron chi connectivity index (χ1n) is 6.57. The smallest absolute Gasteiger partial charge is 0.207 e. The summed E-state index contributed by atoms with van der Waals surface area (Å²) in [6, 6.07) is 8.44. The van der Waals surface area contributed by atoms with Gasteiger partial charge in [-0.05, 0) is 30.5 Å². The Hall–Kier alpha value is -1.77. The number of hydrogen-bond acceptors (Lipinski definition) is 0. The van der Waals surface area contributed by atoms with Gasteiger partial charge in [-0.1, -0.05) is 6.92 Å². The third-order valence-electron chi connectivity index (χ3n) is 3.93. The molecule has 1 nitrogen and oxygen atoms in total. The largest absolute Gasteiger partial charge is 0.215 e. The molecule has 1 aromatic heterocycles. The maximum atomic E-state index is 14.2. The second-order valence-corrected chi connectivity index (χ2v) is 5.33. The highest BCUT2D eigenvalue weighted by atomic mass is 19.1. The molecule has 0 radical (unpaired) electrons. The van der Waals surface area contributed by atoms with E-state index in [2.05, 4.69) is 11.5 Å². The minimum atomic E-state index is -0.500. The number of nitrogens with zero attached hydrogens (tertiary/aromatic N) is 1. The molecular weight excluding hydrogens is 244 g/mol. The molecule has 2 aromatic rings. The molecule has 0 bridgehead atoms. The van der Waals surface area contributed by atoms with Crippen molar-refractivity contribution in [1.82, 2.24) is 0 Å². The van der Waals surface area contributed by atoms with Gasteiger partial charge in [-0.25, -0.2) is 8.78 Å². The van der Waals surface area contributed by atoms with Crippen LogP contribution >= 0.6 is 0 Å². The van der Waals surface area contributed by atoms with Gasteiger partial charge in [0.25, 0.3) is 0 Å². The van der Waals surface area contributed by atoms with Gasteiger partial charge in [0, 0.05) is 24.6 Å². The van der Waals surface area contributed by atoms with Crippen molar-refractivity contribution in [3.05, 3.63) is 53.7 Å². The molecule has 1 aliphatic heterocycles. The van der Waals surface area contributed by atoms with Gasteiger partial charge in [0.05, 0.1) is 5.56 Å². The van der Waals surface area contributed by atoms with E-state index >= 15 is 0 Å². The number of pyridine rings is 1. The van der Waals surface area contributed by atoms with E-state index in [1.54, 1.807) is 0 Å². The van der Waals surface area contributed by atoms with Gasteiger partial charge >= 0.3 is 0 Å². The van der Waals surface area contributed by atoms with Gasteiger partial charge in [0.1, 0.15) is 11.6 Å². The van der Waals surface area contributed by atoms with Gasteiger partial charge in [-0.15, -0.1) is 0 Å². The lowest BCUT2D eigenvalue weighted by molar-refractivity contribution is -0.709. The first kappa shape index (κ1) is 12.3. The van der Waals surface area contributed by atoms with Crippen LogP contribution in [0.15, 0.2) is 36.5 Å². The summed E-state index contributed by atoms with van der Waals surface area (Å²) in [6.45, 7) is 4.14. The zero-order chi connectivity index (χ0) is 13.6. The van der Waals surface area contributed by atoms with E-state index in [9.17, 15) is 8.78 Å². The van der Waals surface area contributed by atoms with Crippen LogP contribution < -0.4 is 4.57 Å². The van der Waals surface area contributed by atoms with Crippen LogP contribution in [0.25, 0.3) is 11.3 Å². The lowest BCUT2D eigenvalue weighted by Crippen LogP contribution is -2.39. The van der Waals surface area contributed by atoms with Crippen LogP contribution in [0.3, 0.4) is 0 Å². The maximum absolute atomic E-state index is 14.2. The predicted octanol–water partition coefficient (Wildman–Crippen LogP) is 3.99. The van der Waals surface area contributed by atoms with Crippen LogP contribution in [-0.2, 0) is 0 Å². The molecule has 3 rings (SSSR count). The minimum absolute atomic E-state index is 0.134. The highest BCUT2D eigenvalue weighted by Crippen LogP contribution is 2.37. The molecule has 19 heavy (non-hydrogen) atoms. The number of benzene rings is 1. The first-order chi connectivity index (χ1) is 9.08. The van der Waals surface area contributed by atoms with E-state index in [-0.39, 0.29) is 12.0 Å². The Kier molecular flexibility index (Phi) is 2.85. The fourth-order valence-electron chi connectivity index (χ4n) is 3.06. The molecule has 0 aliphatic carbocycles. The van der Waals surface area contributed by atoms with Crippen molar-refractivity contribution in [1.29, 1.82) is 0 Å². The normalized spacial score (nSPS) is 21.5. The van der Waals surface area contributed by atoms with Crippen molar-refractivity contribution in [2.24, 2.45) is 0 Å². The molecule has 1 aliphatic rings. The van der Waals surface area contributed by atoms with E-state index in [1.165, 1.54) is 6.07 Å². The summed E-state index contributed by atoms with van der Waals surface area (Å²) < 4.78 is 29.8. The monoisotopic (exact) mass is 260 g/mol. The van der Waals surface area contributed by atoms with Crippen LogP contribution in [0.5, 0.6) is 0 Å². The lowest BCUT2D eigenvalue weighted by atomic mass is 9.91. The van der Waals surface area contributed by atoms with Gasteiger partial charge in [0.2, 0.25) is 5.69 Å². The van der Waals surface area contributed by atoms with E-state index in [0.717, 1.165) is 23.7 Å². The molecule has 2 atom stereocenters. The van der Waals surface area contributed by atoms with Gasteiger partial charge in [-0.3, -0.25) is 0 Å². The average Bonchev–Trinajstić information content (AvgIpc) is 2.47. The summed E-state index contributed by atoms with van der Waals surface area (Å²) in [5.41, 5.74) is 2.13. The molecule has 0 fully saturated rings. The summed E-state index contributed by atoms with van der Waals surface area (Å²) in [7, 11) is 0. The first-order valence-corrected chi connectivity index (χ1v) is 6.57. The average molecular weight is 260 g/mol. The quantitative estimate of drug-likeness (QED) is 0.631. The van der Waals surface area contributed by atoms with Crippen molar-refractivity contribution in [3.63, 3.8) is 0 Å². The molecular formula is C16H16F2N+. The molecule has 3 heteroatoms. The number of halogens is 2. The molecule has 0 saturated carbocycles. The standard InChI is InChI=1S/C16H16F2N/c1-10-7-11(2)19-6-4-3-5-15(19)16-13(10)8-12(17)9-14(16)18/h3-6,8-11H,7H2,1-2H3/q+1. The summed E-state index contributed by atoms with van der Waals surface area (Å²) in [6.07, 6.45) is 2.84. The van der Waals surface area contributed by atoms with Gasteiger partial charge < -0.3 is 0 Å². The Labute approximate surface area is 111 Å². The molecule has 1 aromatic carbocycles. The summed E-state index contributed by atoms with van der Waals surface area (Å²) >= 11 is 0. The molecule has 0 amide bonds. The Bertz CT molecular complexity index is 637. The SMILES string of the molecule is CC1CC(C)[n+]2ccccc2-c2c(F)cc(F)cc21. The summed E-state index contributed by atoms with van der Waals surface area (Å²) in [5, 5.41) is 0. The number of hydrogen-bond donors (Lipinski definition) is 0. The van der Waals surface area contributed by atoms with Crippen molar-refractivity contribution < 1.29 is 13.3 Å². The van der Waals surface area contributed by atoms with Crippen LogP contribution in [0.1, 0.15) is 37.8 Å². The summed E-state index contributed by atoms with van der Waals surface area (Å²) in [5.74, 6) is -0.842. The Morgan fingerprint density at radius 2 is 1.95 bits per heavy atom. The lowest BCUT2D eigenvalue weighted by Gasteiger charge is -2.11. The minimum Gasteiger partial charge on any atom is -0.207 e. The fraction of sp³-hybridized carbons (Fsp3) is 0.312. The molecule has 0 saturated heterocycles. The van der Waals surface area contributed by atoms with E-state index in [1.807, 2.05) is 31.3 Å².